The lowest BCUT2D eigenvalue weighted by molar-refractivity contribution is -0.120. The summed E-state index contributed by atoms with van der Waals surface area (Å²) in [4.78, 5) is 17.5. The maximum absolute atomic E-state index is 12.3. The van der Waals surface area contributed by atoms with E-state index in [9.17, 15) is 4.79 Å². The molecule has 0 aliphatic heterocycles. The highest BCUT2D eigenvalue weighted by Crippen LogP contribution is 2.32. The van der Waals surface area contributed by atoms with E-state index in [1.807, 2.05) is 37.3 Å². The molecule has 0 fully saturated rings. The highest BCUT2D eigenvalue weighted by Gasteiger charge is 2.16. The summed E-state index contributed by atoms with van der Waals surface area (Å²) in [6, 6.07) is 14.0. The molecule has 2 aromatic carbocycles. The SMILES string of the molecule is Cc1ccccc1/C=N/OCC(=O)Nc1c(C(C)C)cccc1C(C)C. The number of nitrogens with one attached hydrogen (secondary N) is 1. The van der Waals surface area contributed by atoms with E-state index in [2.05, 4.69) is 50.3 Å². The maximum Gasteiger partial charge on any atom is 0.265 e. The molecular formula is C22H28N2O2. The lowest BCUT2D eigenvalue weighted by Crippen LogP contribution is -2.19. The van der Waals surface area contributed by atoms with Gasteiger partial charge >= 0.3 is 0 Å². The van der Waals surface area contributed by atoms with Crippen molar-refractivity contribution in [3.05, 3.63) is 64.7 Å². The number of hydrogen-bond acceptors (Lipinski definition) is 3. The lowest BCUT2D eigenvalue weighted by Gasteiger charge is -2.19. The number of anilines is 1. The fourth-order valence-electron chi connectivity index (χ4n) is 2.79. The van der Waals surface area contributed by atoms with Crippen molar-refractivity contribution >= 4 is 17.8 Å². The second-order valence-electron chi connectivity index (χ2n) is 7.03. The molecule has 2 rings (SSSR count). The topological polar surface area (TPSA) is 50.7 Å². The van der Waals surface area contributed by atoms with Crippen molar-refractivity contribution in [1.29, 1.82) is 0 Å². The zero-order chi connectivity index (χ0) is 19.1. The number of carbonyl (C=O) groups is 1. The minimum Gasteiger partial charge on any atom is -0.386 e. The van der Waals surface area contributed by atoms with Gasteiger partial charge in [0.05, 0.1) is 6.21 Å². The molecule has 0 atom stereocenters. The molecule has 1 amide bonds. The van der Waals surface area contributed by atoms with Crippen molar-refractivity contribution in [2.75, 3.05) is 11.9 Å². The van der Waals surface area contributed by atoms with Crippen LogP contribution in [0, 0.1) is 6.92 Å². The zero-order valence-corrected chi connectivity index (χ0v) is 16.2. The first-order valence-corrected chi connectivity index (χ1v) is 9.03. The van der Waals surface area contributed by atoms with E-state index >= 15 is 0 Å². The van der Waals surface area contributed by atoms with Crippen molar-refractivity contribution in [2.45, 2.75) is 46.5 Å². The number of nitrogens with zero attached hydrogens (tertiary/aromatic N) is 1. The zero-order valence-electron chi connectivity index (χ0n) is 16.2. The van der Waals surface area contributed by atoms with Crippen LogP contribution in [0.1, 0.15) is 61.8 Å². The van der Waals surface area contributed by atoms with E-state index in [0.29, 0.717) is 11.8 Å². The van der Waals surface area contributed by atoms with Gasteiger partial charge < -0.3 is 10.2 Å². The Kier molecular flexibility index (Phi) is 6.96. The third-order valence-corrected chi connectivity index (χ3v) is 4.29. The normalized spacial score (nSPS) is 11.3. The van der Waals surface area contributed by atoms with Gasteiger partial charge in [0.1, 0.15) is 0 Å². The molecule has 0 bridgehead atoms. The number of benzene rings is 2. The van der Waals surface area contributed by atoms with Crippen LogP contribution in [0.3, 0.4) is 0 Å². The molecule has 0 heterocycles. The molecule has 138 valence electrons. The molecule has 0 aromatic heterocycles. The predicted octanol–water partition coefficient (Wildman–Crippen LogP) is 5.23. The number of hydrogen-bond donors (Lipinski definition) is 1. The van der Waals surface area contributed by atoms with Crippen LogP contribution in [0.25, 0.3) is 0 Å². The van der Waals surface area contributed by atoms with E-state index in [4.69, 9.17) is 4.84 Å². The average Bonchev–Trinajstić information content (AvgIpc) is 2.59. The minimum atomic E-state index is -0.207. The van der Waals surface area contributed by atoms with Crippen molar-refractivity contribution in [1.82, 2.24) is 0 Å². The van der Waals surface area contributed by atoms with Crippen molar-refractivity contribution < 1.29 is 9.63 Å². The minimum absolute atomic E-state index is 0.119. The van der Waals surface area contributed by atoms with Gasteiger partial charge in [-0.25, -0.2) is 0 Å². The van der Waals surface area contributed by atoms with Gasteiger partial charge in [-0.2, -0.15) is 0 Å². The van der Waals surface area contributed by atoms with Crippen LogP contribution in [0.15, 0.2) is 47.6 Å². The van der Waals surface area contributed by atoms with E-state index in [0.717, 1.165) is 27.9 Å². The molecule has 2 aromatic rings. The summed E-state index contributed by atoms with van der Waals surface area (Å²) in [5.41, 5.74) is 5.24. The Morgan fingerprint density at radius 1 is 1.04 bits per heavy atom. The molecule has 0 unspecified atom stereocenters. The Morgan fingerprint density at radius 3 is 2.23 bits per heavy atom. The second kappa shape index (κ2) is 9.18. The molecule has 4 heteroatoms. The van der Waals surface area contributed by atoms with Crippen LogP contribution in [0.2, 0.25) is 0 Å². The van der Waals surface area contributed by atoms with E-state index < -0.39 is 0 Å². The predicted molar refractivity (Wildman–Crippen MR) is 108 cm³/mol. The largest absolute Gasteiger partial charge is 0.386 e. The summed E-state index contributed by atoms with van der Waals surface area (Å²) in [5, 5.41) is 6.93. The first-order chi connectivity index (χ1) is 12.4. The first-order valence-electron chi connectivity index (χ1n) is 9.03. The van der Waals surface area contributed by atoms with Gasteiger partial charge in [0, 0.05) is 5.69 Å². The first kappa shape index (κ1) is 19.7. The molecule has 0 spiro atoms. The van der Waals surface area contributed by atoms with Gasteiger partial charge in [0.15, 0.2) is 6.61 Å². The Labute approximate surface area is 156 Å². The van der Waals surface area contributed by atoms with Crippen LogP contribution in [-0.2, 0) is 9.63 Å². The van der Waals surface area contributed by atoms with Gasteiger partial charge in [-0.05, 0) is 41.0 Å². The Hall–Kier alpha value is -2.62. The highest BCUT2D eigenvalue weighted by atomic mass is 16.6. The molecule has 0 saturated carbocycles. The number of oxime groups is 1. The molecule has 4 nitrogen and oxygen atoms in total. The fourth-order valence-corrected chi connectivity index (χ4v) is 2.79. The molecule has 0 saturated heterocycles. The van der Waals surface area contributed by atoms with E-state index in [1.54, 1.807) is 6.21 Å². The third-order valence-electron chi connectivity index (χ3n) is 4.29. The number of rotatable bonds is 7. The fraction of sp³-hybridized carbons (Fsp3) is 0.364. The molecule has 0 radical (unpaired) electrons. The van der Waals surface area contributed by atoms with Gasteiger partial charge in [-0.1, -0.05) is 75.3 Å². The van der Waals surface area contributed by atoms with Crippen LogP contribution < -0.4 is 5.32 Å². The Morgan fingerprint density at radius 2 is 1.65 bits per heavy atom. The van der Waals surface area contributed by atoms with E-state index in [-0.39, 0.29) is 12.5 Å². The monoisotopic (exact) mass is 352 g/mol. The van der Waals surface area contributed by atoms with Gasteiger partial charge in [0.2, 0.25) is 0 Å². The number of para-hydroxylation sites is 1. The van der Waals surface area contributed by atoms with Crippen molar-refractivity contribution in [3.63, 3.8) is 0 Å². The number of carbonyl (C=O) groups excluding carboxylic acids is 1. The summed E-state index contributed by atoms with van der Waals surface area (Å²) in [6.07, 6.45) is 1.63. The van der Waals surface area contributed by atoms with Crippen LogP contribution >= 0.6 is 0 Å². The number of amides is 1. The second-order valence-corrected chi connectivity index (χ2v) is 7.03. The Balaban J connectivity index is 2.03. The molecule has 26 heavy (non-hydrogen) atoms. The lowest BCUT2D eigenvalue weighted by atomic mass is 9.92. The van der Waals surface area contributed by atoms with Crippen LogP contribution in [0.5, 0.6) is 0 Å². The standard InChI is InChI=1S/C22H28N2O2/c1-15(2)19-11-8-12-20(16(3)4)22(19)24-21(25)14-26-23-13-18-10-7-6-9-17(18)5/h6-13,15-16H,14H2,1-5H3,(H,24,25)/b23-13+. The summed E-state index contributed by atoms with van der Waals surface area (Å²) in [7, 11) is 0. The quantitative estimate of drug-likeness (QED) is 0.548. The molecule has 0 aliphatic carbocycles. The molecule has 1 N–H and O–H groups in total. The summed E-state index contributed by atoms with van der Waals surface area (Å²) in [5.74, 6) is 0.440. The number of aryl methyl sites for hydroxylation is 1. The average molecular weight is 352 g/mol. The van der Waals surface area contributed by atoms with Gasteiger partial charge in [-0.3, -0.25) is 4.79 Å². The smallest absolute Gasteiger partial charge is 0.265 e. The highest BCUT2D eigenvalue weighted by molar-refractivity contribution is 5.93. The maximum atomic E-state index is 12.3. The summed E-state index contributed by atoms with van der Waals surface area (Å²) >= 11 is 0. The van der Waals surface area contributed by atoms with Gasteiger partial charge in [0.25, 0.3) is 5.91 Å². The summed E-state index contributed by atoms with van der Waals surface area (Å²) in [6.45, 7) is 10.4. The van der Waals surface area contributed by atoms with Crippen molar-refractivity contribution in [3.8, 4) is 0 Å². The Bertz CT molecular complexity index is 753. The summed E-state index contributed by atoms with van der Waals surface area (Å²) < 4.78 is 0. The third kappa shape index (κ3) is 5.19. The molecular weight excluding hydrogens is 324 g/mol. The van der Waals surface area contributed by atoms with Crippen LogP contribution in [-0.4, -0.2) is 18.7 Å². The molecule has 0 aliphatic rings. The van der Waals surface area contributed by atoms with Crippen molar-refractivity contribution in [2.24, 2.45) is 5.16 Å². The van der Waals surface area contributed by atoms with Gasteiger partial charge in [-0.15, -0.1) is 0 Å². The van der Waals surface area contributed by atoms with E-state index in [1.165, 1.54) is 0 Å². The van der Waals surface area contributed by atoms with Crippen LogP contribution in [0.4, 0.5) is 5.69 Å².